The van der Waals surface area contributed by atoms with Crippen LogP contribution in [-0.4, -0.2) is 34.9 Å². The van der Waals surface area contributed by atoms with Gasteiger partial charge in [0, 0.05) is 36.3 Å². The molecule has 1 aliphatic heterocycles. The zero-order valence-corrected chi connectivity index (χ0v) is 12.9. The maximum atomic E-state index is 11.9. The lowest BCUT2D eigenvalue weighted by atomic mass is 10.1. The minimum Gasteiger partial charge on any atom is -0.353 e. The number of thiazole rings is 1. The van der Waals surface area contributed by atoms with Crippen LogP contribution in [0.1, 0.15) is 18.2 Å². The van der Waals surface area contributed by atoms with Crippen molar-refractivity contribution in [2.75, 3.05) is 13.1 Å². The Labute approximate surface area is 128 Å². The van der Waals surface area contributed by atoms with Gasteiger partial charge in [0.25, 0.3) is 0 Å². The first-order valence-corrected chi connectivity index (χ1v) is 8.11. The normalized spacial score (nSPS) is 19.5. The van der Waals surface area contributed by atoms with Crippen LogP contribution in [-0.2, 0) is 11.3 Å². The average Bonchev–Trinajstić information content (AvgIpc) is 2.97. The summed E-state index contributed by atoms with van der Waals surface area (Å²) in [6, 6.07) is 10.2. The molecular weight excluding hydrogens is 282 g/mol. The van der Waals surface area contributed by atoms with Crippen LogP contribution in [0.2, 0.25) is 0 Å². The van der Waals surface area contributed by atoms with E-state index in [0.717, 1.165) is 36.6 Å². The maximum absolute atomic E-state index is 11.9. The summed E-state index contributed by atoms with van der Waals surface area (Å²) in [6.45, 7) is 4.50. The molecule has 1 atom stereocenters. The summed E-state index contributed by atoms with van der Waals surface area (Å²) < 4.78 is 0. The third kappa shape index (κ3) is 3.14. The molecule has 21 heavy (non-hydrogen) atoms. The summed E-state index contributed by atoms with van der Waals surface area (Å²) in [5.41, 5.74) is 1.15. The van der Waals surface area contributed by atoms with Crippen molar-refractivity contribution < 1.29 is 4.79 Å². The Morgan fingerprint density at radius 1 is 1.38 bits per heavy atom. The second kappa shape index (κ2) is 6.37. The number of hydrogen-bond acceptors (Lipinski definition) is 4. The second-order valence-corrected chi connectivity index (χ2v) is 6.30. The number of rotatable bonds is 4. The summed E-state index contributed by atoms with van der Waals surface area (Å²) in [5.74, 6) is 0.150. The molecule has 1 N–H and O–H groups in total. The molecule has 0 aliphatic carbocycles. The van der Waals surface area contributed by atoms with Crippen molar-refractivity contribution in [2.24, 2.45) is 0 Å². The van der Waals surface area contributed by atoms with Crippen molar-refractivity contribution >= 4 is 17.2 Å². The highest BCUT2D eigenvalue weighted by Gasteiger charge is 2.28. The fraction of sp³-hybridized carbons (Fsp3) is 0.375. The van der Waals surface area contributed by atoms with Gasteiger partial charge in [-0.05, 0) is 6.42 Å². The van der Waals surface area contributed by atoms with E-state index in [1.807, 2.05) is 24.4 Å². The van der Waals surface area contributed by atoms with Crippen molar-refractivity contribution in [3.05, 3.63) is 41.4 Å². The third-order valence-corrected chi connectivity index (χ3v) is 4.79. The van der Waals surface area contributed by atoms with Crippen LogP contribution in [0.3, 0.4) is 0 Å². The highest BCUT2D eigenvalue weighted by molar-refractivity contribution is 7.15. The number of nitrogens with one attached hydrogen (secondary N) is 1. The van der Waals surface area contributed by atoms with Gasteiger partial charge in [0.1, 0.15) is 5.01 Å². The van der Waals surface area contributed by atoms with E-state index in [-0.39, 0.29) is 11.9 Å². The molecule has 2 aromatic rings. The highest BCUT2D eigenvalue weighted by Crippen LogP contribution is 2.26. The summed E-state index contributed by atoms with van der Waals surface area (Å²) in [4.78, 5) is 19.9. The molecule has 110 valence electrons. The van der Waals surface area contributed by atoms with Gasteiger partial charge in [0.2, 0.25) is 5.91 Å². The number of benzene rings is 1. The van der Waals surface area contributed by atoms with Gasteiger partial charge < -0.3 is 5.32 Å². The molecule has 0 radical (unpaired) electrons. The molecule has 0 saturated carbocycles. The van der Waals surface area contributed by atoms with Crippen molar-refractivity contribution in [3.63, 3.8) is 0 Å². The van der Waals surface area contributed by atoms with Crippen LogP contribution < -0.4 is 5.32 Å². The van der Waals surface area contributed by atoms with E-state index in [9.17, 15) is 4.79 Å². The molecular formula is C16H19N3OS. The largest absolute Gasteiger partial charge is 0.353 e. The molecule has 1 unspecified atom stereocenters. The van der Waals surface area contributed by atoms with Crippen molar-refractivity contribution in [1.29, 1.82) is 0 Å². The van der Waals surface area contributed by atoms with Crippen LogP contribution in [0.5, 0.6) is 0 Å². The van der Waals surface area contributed by atoms with Crippen molar-refractivity contribution in [3.8, 4) is 10.6 Å². The van der Waals surface area contributed by atoms with Crippen LogP contribution in [0.4, 0.5) is 0 Å². The van der Waals surface area contributed by atoms with E-state index in [4.69, 9.17) is 0 Å². The molecule has 3 rings (SSSR count). The zero-order valence-electron chi connectivity index (χ0n) is 12.1. The predicted molar refractivity (Wildman–Crippen MR) is 85.0 cm³/mol. The van der Waals surface area contributed by atoms with E-state index in [0.29, 0.717) is 0 Å². The van der Waals surface area contributed by atoms with E-state index >= 15 is 0 Å². The second-order valence-electron chi connectivity index (χ2n) is 5.18. The Morgan fingerprint density at radius 3 is 2.95 bits per heavy atom. The molecule has 1 amide bonds. The van der Waals surface area contributed by atoms with Crippen LogP contribution >= 0.6 is 11.3 Å². The highest BCUT2D eigenvalue weighted by atomic mass is 32.1. The maximum Gasteiger partial charge on any atom is 0.237 e. The van der Waals surface area contributed by atoms with Gasteiger partial charge in [-0.15, -0.1) is 11.3 Å². The van der Waals surface area contributed by atoms with Crippen molar-refractivity contribution in [1.82, 2.24) is 15.2 Å². The van der Waals surface area contributed by atoms with Gasteiger partial charge in [-0.3, -0.25) is 9.69 Å². The summed E-state index contributed by atoms with van der Waals surface area (Å²) in [7, 11) is 0. The van der Waals surface area contributed by atoms with Gasteiger partial charge in [-0.1, -0.05) is 37.3 Å². The van der Waals surface area contributed by atoms with Crippen LogP contribution in [0.25, 0.3) is 10.6 Å². The summed E-state index contributed by atoms with van der Waals surface area (Å²) >= 11 is 1.71. The monoisotopic (exact) mass is 301 g/mol. The van der Waals surface area contributed by atoms with Gasteiger partial charge in [0.05, 0.1) is 6.04 Å². The molecule has 1 saturated heterocycles. The topological polar surface area (TPSA) is 45.2 Å². The minimum atomic E-state index is -0.0129. The SMILES string of the molecule is CCC1C(=O)NCCN1Cc1cnc(-c2ccccc2)s1. The minimum absolute atomic E-state index is 0.0129. The lowest BCUT2D eigenvalue weighted by molar-refractivity contribution is -0.129. The molecule has 1 aromatic carbocycles. The van der Waals surface area contributed by atoms with Gasteiger partial charge >= 0.3 is 0 Å². The number of carbonyl (C=O) groups excluding carboxylic acids is 1. The van der Waals surface area contributed by atoms with Gasteiger partial charge in [-0.2, -0.15) is 0 Å². The Bertz CT molecular complexity index is 611. The summed E-state index contributed by atoms with van der Waals surface area (Å²) in [5, 5.41) is 3.98. The number of amides is 1. The first-order chi connectivity index (χ1) is 10.3. The Kier molecular flexibility index (Phi) is 4.31. The Morgan fingerprint density at radius 2 is 2.19 bits per heavy atom. The molecule has 0 spiro atoms. The van der Waals surface area contributed by atoms with Crippen LogP contribution in [0, 0.1) is 0 Å². The number of nitrogens with zero attached hydrogens (tertiary/aromatic N) is 2. The lowest BCUT2D eigenvalue weighted by Gasteiger charge is -2.33. The number of carbonyl (C=O) groups is 1. The first-order valence-electron chi connectivity index (χ1n) is 7.30. The Hall–Kier alpha value is -1.72. The zero-order chi connectivity index (χ0) is 14.7. The van der Waals surface area contributed by atoms with Gasteiger partial charge in [-0.25, -0.2) is 4.98 Å². The smallest absolute Gasteiger partial charge is 0.237 e. The molecule has 5 heteroatoms. The first kappa shape index (κ1) is 14.2. The Balaban J connectivity index is 1.73. The molecule has 1 aliphatic rings. The predicted octanol–water partition coefficient (Wildman–Crippen LogP) is 2.52. The quantitative estimate of drug-likeness (QED) is 0.944. The number of piperazine rings is 1. The molecule has 0 bridgehead atoms. The van der Waals surface area contributed by atoms with Gasteiger partial charge in [0.15, 0.2) is 0 Å². The molecule has 4 nitrogen and oxygen atoms in total. The fourth-order valence-corrected chi connectivity index (χ4v) is 3.63. The fourth-order valence-electron chi connectivity index (χ4n) is 2.69. The molecule has 2 heterocycles. The summed E-state index contributed by atoms with van der Waals surface area (Å²) in [6.07, 6.45) is 2.78. The average molecular weight is 301 g/mol. The molecule has 1 aromatic heterocycles. The van der Waals surface area contributed by atoms with E-state index < -0.39 is 0 Å². The van der Waals surface area contributed by atoms with E-state index in [2.05, 4.69) is 34.3 Å². The lowest BCUT2D eigenvalue weighted by Crippen LogP contribution is -2.54. The standard InChI is InChI=1S/C16H19N3OS/c1-2-14-15(20)17-8-9-19(14)11-13-10-18-16(21-13)12-6-4-3-5-7-12/h3-7,10,14H,2,8-9,11H2,1H3,(H,17,20). The number of aromatic nitrogens is 1. The van der Waals surface area contributed by atoms with Crippen molar-refractivity contribution in [2.45, 2.75) is 25.9 Å². The molecule has 1 fully saturated rings. The number of hydrogen-bond donors (Lipinski definition) is 1. The van der Waals surface area contributed by atoms with Crippen LogP contribution in [0.15, 0.2) is 36.5 Å². The third-order valence-electron chi connectivity index (χ3n) is 3.76. The van der Waals surface area contributed by atoms with E-state index in [1.165, 1.54) is 4.88 Å². The van der Waals surface area contributed by atoms with E-state index in [1.54, 1.807) is 11.3 Å².